The Balaban J connectivity index is 4.19. The fraction of sp³-hybridized carbons (Fsp3) is 1.00. The third-order valence-corrected chi connectivity index (χ3v) is 3.67. The van der Waals surface area contributed by atoms with Crippen molar-refractivity contribution in [2.24, 2.45) is 5.92 Å². The summed E-state index contributed by atoms with van der Waals surface area (Å²) >= 11 is 0. The number of likely N-dealkylation sites (N-methyl/N-ethyl adjacent to an activating group) is 1. The summed E-state index contributed by atoms with van der Waals surface area (Å²) in [6, 6.07) is 0.535. The lowest BCUT2D eigenvalue weighted by Gasteiger charge is -2.30. The predicted octanol–water partition coefficient (Wildman–Crippen LogP) is 2.00. The minimum atomic E-state index is 0.535. The normalized spacial score (nSPS) is 14.8. The average molecular weight is 274 g/mol. The van der Waals surface area contributed by atoms with Crippen LogP contribution in [-0.4, -0.2) is 64.1 Å². The molecule has 1 N–H and O–H groups in total. The van der Waals surface area contributed by atoms with E-state index in [1.54, 1.807) is 0 Å². The van der Waals surface area contributed by atoms with Crippen LogP contribution in [0.25, 0.3) is 0 Å². The van der Waals surface area contributed by atoms with E-state index < -0.39 is 0 Å². The molecule has 0 saturated carbocycles. The first-order chi connectivity index (χ1) is 9.19. The zero-order valence-electron chi connectivity index (χ0n) is 13.6. The lowest BCUT2D eigenvalue weighted by Crippen LogP contribution is -2.45. The maximum absolute atomic E-state index is 5.47. The van der Waals surface area contributed by atoms with E-state index in [9.17, 15) is 0 Å². The largest absolute Gasteiger partial charge is 0.380 e. The first kappa shape index (κ1) is 18.8. The quantitative estimate of drug-likeness (QED) is 0.521. The van der Waals surface area contributed by atoms with Gasteiger partial charge in [0.25, 0.3) is 0 Å². The molecule has 19 heavy (non-hydrogen) atoms. The van der Waals surface area contributed by atoms with Crippen molar-refractivity contribution in [3.8, 4) is 0 Å². The predicted molar refractivity (Wildman–Crippen MR) is 81.7 cm³/mol. The van der Waals surface area contributed by atoms with Crippen LogP contribution >= 0.6 is 0 Å². The summed E-state index contributed by atoms with van der Waals surface area (Å²) in [4.78, 5) is 2.44. The zero-order valence-corrected chi connectivity index (χ0v) is 13.6. The Labute approximate surface area is 119 Å². The van der Waals surface area contributed by atoms with Crippen LogP contribution in [0, 0.1) is 5.92 Å². The number of hydrogen-bond donors (Lipinski definition) is 1. The van der Waals surface area contributed by atoms with E-state index in [0.717, 1.165) is 46.1 Å². The molecule has 0 heterocycles. The summed E-state index contributed by atoms with van der Waals surface area (Å²) in [7, 11) is 2.06. The van der Waals surface area contributed by atoms with Crippen molar-refractivity contribution in [1.29, 1.82) is 0 Å². The van der Waals surface area contributed by atoms with Gasteiger partial charge in [-0.2, -0.15) is 0 Å². The van der Waals surface area contributed by atoms with E-state index >= 15 is 0 Å². The maximum atomic E-state index is 5.47. The molecule has 0 radical (unpaired) electrons. The molecule has 0 aromatic carbocycles. The molecular formula is C15H34N2O2. The van der Waals surface area contributed by atoms with E-state index in [2.05, 4.69) is 31.1 Å². The second-order valence-electron chi connectivity index (χ2n) is 4.98. The molecule has 0 fully saturated rings. The highest BCUT2D eigenvalue weighted by Gasteiger charge is 2.17. The third-order valence-electron chi connectivity index (χ3n) is 3.67. The van der Waals surface area contributed by atoms with Gasteiger partial charge in [-0.25, -0.2) is 0 Å². The SMILES string of the molecule is CCOCCN(CCOCC)CC(NC)C(C)CC. The second-order valence-corrected chi connectivity index (χ2v) is 4.98. The van der Waals surface area contributed by atoms with Gasteiger partial charge in [0.1, 0.15) is 0 Å². The van der Waals surface area contributed by atoms with Crippen LogP contribution in [0.15, 0.2) is 0 Å². The van der Waals surface area contributed by atoms with E-state index in [-0.39, 0.29) is 0 Å². The highest BCUT2D eigenvalue weighted by molar-refractivity contribution is 4.75. The number of nitrogens with zero attached hydrogens (tertiary/aromatic N) is 1. The van der Waals surface area contributed by atoms with Crippen LogP contribution in [-0.2, 0) is 9.47 Å². The van der Waals surface area contributed by atoms with Crippen molar-refractivity contribution in [3.63, 3.8) is 0 Å². The Morgan fingerprint density at radius 3 is 1.89 bits per heavy atom. The summed E-state index contributed by atoms with van der Waals surface area (Å²) in [5.41, 5.74) is 0. The highest BCUT2D eigenvalue weighted by Crippen LogP contribution is 2.09. The fourth-order valence-corrected chi connectivity index (χ4v) is 2.09. The molecule has 0 amide bonds. The Kier molecular flexibility index (Phi) is 12.7. The van der Waals surface area contributed by atoms with Gasteiger partial charge in [0.05, 0.1) is 13.2 Å². The smallest absolute Gasteiger partial charge is 0.0593 e. The van der Waals surface area contributed by atoms with Gasteiger partial charge in [0.2, 0.25) is 0 Å². The Hall–Kier alpha value is -0.160. The summed E-state index contributed by atoms with van der Waals surface area (Å²) in [6.45, 7) is 14.9. The lowest BCUT2D eigenvalue weighted by atomic mass is 9.99. The number of hydrogen-bond acceptors (Lipinski definition) is 4. The van der Waals surface area contributed by atoms with Crippen LogP contribution in [0.3, 0.4) is 0 Å². The van der Waals surface area contributed by atoms with E-state index in [1.807, 2.05) is 13.8 Å². The van der Waals surface area contributed by atoms with Gasteiger partial charge in [0.15, 0.2) is 0 Å². The Morgan fingerprint density at radius 2 is 1.53 bits per heavy atom. The number of nitrogens with one attached hydrogen (secondary N) is 1. The topological polar surface area (TPSA) is 33.7 Å². The summed E-state index contributed by atoms with van der Waals surface area (Å²) in [5.74, 6) is 0.687. The first-order valence-corrected chi connectivity index (χ1v) is 7.74. The van der Waals surface area contributed by atoms with Gasteiger partial charge >= 0.3 is 0 Å². The van der Waals surface area contributed by atoms with Crippen LogP contribution in [0.5, 0.6) is 0 Å². The van der Waals surface area contributed by atoms with Crippen LogP contribution in [0.2, 0.25) is 0 Å². The van der Waals surface area contributed by atoms with Crippen molar-refractivity contribution < 1.29 is 9.47 Å². The fourth-order valence-electron chi connectivity index (χ4n) is 2.09. The molecule has 4 heteroatoms. The second kappa shape index (κ2) is 12.9. The van der Waals surface area contributed by atoms with Crippen molar-refractivity contribution in [1.82, 2.24) is 10.2 Å². The minimum Gasteiger partial charge on any atom is -0.380 e. The van der Waals surface area contributed by atoms with Crippen molar-refractivity contribution in [2.75, 3.05) is 53.1 Å². The first-order valence-electron chi connectivity index (χ1n) is 7.74. The molecule has 0 aliphatic carbocycles. The van der Waals surface area contributed by atoms with Gasteiger partial charge in [-0.3, -0.25) is 4.90 Å². The van der Waals surface area contributed by atoms with E-state index in [0.29, 0.717) is 12.0 Å². The van der Waals surface area contributed by atoms with Crippen LogP contribution in [0.1, 0.15) is 34.1 Å². The lowest BCUT2D eigenvalue weighted by molar-refractivity contribution is 0.0753. The van der Waals surface area contributed by atoms with Crippen molar-refractivity contribution in [3.05, 3.63) is 0 Å². The summed E-state index contributed by atoms with van der Waals surface area (Å²) < 4.78 is 10.9. The van der Waals surface area contributed by atoms with Crippen LogP contribution in [0.4, 0.5) is 0 Å². The third kappa shape index (κ3) is 9.38. The van der Waals surface area contributed by atoms with Gasteiger partial charge in [-0.1, -0.05) is 20.3 Å². The molecule has 0 aromatic heterocycles. The Morgan fingerprint density at radius 1 is 1.00 bits per heavy atom. The Bertz CT molecular complexity index is 181. The van der Waals surface area contributed by atoms with Gasteiger partial charge < -0.3 is 14.8 Å². The van der Waals surface area contributed by atoms with Gasteiger partial charge in [-0.15, -0.1) is 0 Å². The highest BCUT2D eigenvalue weighted by atomic mass is 16.5. The molecule has 0 spiro atoms. The molecule has 0 aliphatic rings. The average Bonchev–Trinajstić information content (AvgIpc) is 2.43. The molecule has 0 aromatic rings. The number of ether oxygens (including phenoxy) is 2. The monoisotopic (exact) mass is 274 g/mol. The summed E-state index contributed by atoms with van der Waals surface area (Å²) in [5, 5.41) is 3.44. The van der Waals surface area contributed by atoms with Gasteiger partial charge in [-0.05, 0) is 26.8 Å². The van der Waals surface area contributed by atoms with Crippen LogP contribution < -0.4 is 5.32 Å². The molecule has 0 saturated heterocycles. The molecule has 116 valence electrons. The minimum absolute atomic E-state index is 0.535. The maximum Gasteiger partial charge on any atom is 0.0593 e. The van der Waals surface area contributed by atoms with E-state index in [1.165, 1.54) is 6.42 Å². The number of rotatable bonds is 13. The molecular weight excluding hydrogens is 240 g/mol. The zero-order chi connectivity index (χ0) is 14.5. The molecule has 2 atom stereocenters. The van der Waals surface area contributed by atoms with Crippen molar-refractivity contribution in [2.45, 2.75) is 40.2 Å². The van der Waals surface area contributed by atoms with Gasteiger partial charge in [0, 0.05) is 38.9 Å². The summed E-state index contributed by atoms with van der Waals surface area (Å²) in [6.07, 6.45) is 1.20. The molecule has 2 unspecified atom stereocenters. The molecule has 0 aliphatic heterocycles. The van der Waals surface area contributed by atoms with E-state index in [4.69, 9.17) is 9.47 Å². The van der Waals surface area contributed by atoms with Crippen molar-refractivity contribution >= 4 is 0 Å². The standard InChI is InChI=1S/C15H34N2O2/c1-6-14(4)15(16-5)13-17(9-11-18-7-2)10-12-19-8-3/h14-16H,6-13H2,1-5H3. The molecule has 0 rings (SSSR count). The molecule has 0 bridgehead atoms. The molecule has 4 nitrogen and oxygen atoms in total.